The second-order valence-corrected chi connectivity index (χ2v) is 4.57. The Kier molecular flexibility index (Phi) is 6.21. The highest BCUT2D eigenvalue weighted by Gasteiger charge is 2.12. The molecule has 5 nitrogen and oxygen atoms in total. The van der Waals surface area contributed by atoms with E-state index in [4.69, 9.17) is 0 Å². The Labute approximate surface area is 113 Å². The number of rotatable bonds is 7. The summed E-state index contributed by atoms with van der Waals surface area (Å²) in [6.45, 7) is 1.56. The van der Waals surface area contributed by atoms with E-state index >= 15 is 0 Å². The molecular weight excluding hydrogens is 247 g/mol. The zero-order valence-electron chi connectivity index (χ0n) is 11.7. The van der Waals surface area contributed by atoms with E-state index in [0.29, 0.717) is 12.4 Å². The summed E-state index contributed by atoms with van der Waals surface area (Å²) in [5.41, 5.74) is 0.232. The van der Waals surface area contributed by atoms with Gasteiger partial charge in [-0.25, -0.2) is 9.37 Å². The Morgan fingerprint density at radius 1 is 1.42 bits per heavy atom. The molecule has 0 bridgehead atoms. The molecule has 0 aliphatic carbocycles. The number of hydrogen-bond donors (Lipinski definition) is 2. The molecule has 0 saturated heterocycles. The Balaban J connectivity index is 2.47. The monoisotopic (exact) mass is 268 g/mol. The zero-order chi connectivity index (χ0) is 14.3. The van der Waals surface area contributed by atoms with Crippen molar-refractivity contribution in [2.24, 2.45) is 0 Å². The number of pyridine rings is 1. The molecule has 0 saturated carbocycles. The maximum absolute atomic E-state index is 13.1. The van der Waals surface area contributed by atoms with Crippen molar-refractivity contribution in [1.29, 1.82) is 0 Å². The number of hydrogen-bond acceptors (Lipinski definition) is 4. The minimum atomic E-state index is -0.517. The van der Waals surface area contributed by atoms with E-state index in [9.17, 15) is 9.18 Å². The lowest BCUT2D eigenvalue weighted by atomic mass is 10.2. The quantitative estimate of drug-likeness (QED) is 0.733. The molecule has 0 aliphatic rings. The van der Waals surface area contributed by atoms with Crippen molar-refractivity contribution in [2.75, 3.05) is 39.5 Å². The number of halogens is 1. The van der Waals surface area contributed by atoms with Gasteiger partial charge in [0.05, 0.1) is 11.8 Å². The van der Waals surface area contributed by atoms with E-state index in [1.54, 1.807) is 7.05 Å². The number of unbranched alkanes of at least 4 members (excludes halogenated alkanes) is 1. The average molecular weight is 268 g/mol. The molecule has 6 heteroatoms. The van der Waals surface area contributed by atoms with Crippen LogP contribution in [0, 0.1) is 5.82 Å². The summed E-state index contributed by atoms with van der Waals surface area (Å²) in [6.07, 6.45) is 2.98. The standard InChI is InChI=1S/C13H21FN4O/c1-15-12-11(8-10(14)9-17-12)13(19)16-6-4-5-7-18(2)3/h8-9H,4-7H2,1-3H3,(H,15,17)(H,16,19). The lowest BCUT2D eigenvalue weighted by molar-refractivity contribution is 0.0953. The molecule has 0 spiro atoms. The van der Waals surface area contributed by atoms with Crippen LogP contribution in [0.25, 0.3) is 0 Å². The summed E-state index contributed by atoms with van der Waals surface area (Å²) >= 11 is 0. The summed E-state index contributed by atoms with van der Waals surface area (Å²) in [7, 11) is 5.67. The summed E-state index contributed by atoms with van der Waals surface area (Å²) in [4.78, 5) is 17.8. The first kappa shape index (κ1) is 15.4. The van der Waals surface area contributed by atoms with Crippen LogP contribution < -0.4 is 10.6 Å². The van der Waals surface area contributed by atoms with Gasteiger partial charge in [0, 0.05) is 13.6 Å². The molecule has 0 unspecified atom stereocenters. The van der Waals surface area contributed by atoms with Gasteiger partial charge in [-0.15, -0.1) is 0 Å². The molecule has 0 fully saturated rings. The third kappa shape index (κ3) is 5.21. The van der Waals surface area contributed by atoms with Crippen molar-refractivity contribution in [3.8, 4) is 0 Å². The van der Waals surface area contributed by atoms with E-state index in [1.165, 1.54) is 6.07 Å². The van der Waals surface area contributed by atoms with Crippen LogP contribution in [0.2, 0.25) is 0 Å². The fraction of sp³-hybridized carbons (Fsp3) is 0.538. The highest BCUT2D eigenvalue weighted by atomic mass is 19.1. The molecule has 0 aromatic carbocycles. The molecule has 1 amide bonds. The minimum Gasteiger partial charge on any atom is -0.372 e. The van der Waals surface area contributed by atoms with Gasteiger partial charge in [0.1, 0.15) is 11.6 Å². The van der Waals surface area contributed by atoms with Crippen molar-refractivity contribution in [3.05, 3.63) is 23.6 Å². The van der Waals surface area contributed by atoms with E-state index in [0.717, 1.165) is 25.6 Å². The SMILES string of the molecule is CNc1ncc(F)cc1C(=O)NCCCCN(C)C. The molecule has 19 heavy (non-hydrogen) atoms. The number of nitrogens with one attached hydrogen (secondary N) is 2. The first-order valence-electron chi connectivity index (χ1n) is 6.31. The number of amides is 1. The van der Waals surface area contributed by atoms with Crippen LogP contribution in [0.4, 0.5) is 10.2 Å². The average Bonchev–Trinajstić information content (AvgIpc) is 2.37. The molecule has 0 radical (unpaired) electrons. The zero-order valence-corrected chi connectivity index (χ0v) is 11.7. The van der Waals surface area contributed by atoms with Gasteiger partial charge in [-0.05, 0) is 39.5 Å². The molecule has 1 aromatic heterocycles. The fourth-order valence-electron chi connectivity index (χ4n) is 1.66. The summed E-state index contributed by atoms with van der Waals surface area (Å²) in [6, 6.07) is 1.19. The molecular formula is C13H21FN4O. The van der Waals surface area contributed by atoms with Gasteiger partial charge in [-0.2, -0.15) is 0 Å². The minimum absolute atomic E-state index is 0.232. The number of aromatic nitrogens is 1. The lowest BCUT2D eigenvalue weighted by Gasteiger charge is -2.11. The van der Waals surface area contributed by atoms with Crippen molar-refractivity contribution >= 4 is 11.7 Å². The summed E-state index contributed by atoms with van der Waals surface area (Å²) < 4.78 is 13.1. The predicted molar refractivity (Wildman–Crippen MR) is 73.9 cm³/mol. The van der Waals surface area contributed by atoms with Crippen LogP contribution in [-0.4, -0.2) is 50.0 Å². The normalized spacial score (nSPS) is 10.6. The summed E-state index contributed by atoms with van der Waals surface area (Å²) in [5.74, 6) is -0.440. The van der Waals surface area contributed by atoms with Gasteiger partial charge in [-0.3, -0.25) is 4.79 Å². The molecule has 0 atom stereocenters. The highest BCUT2D eigenvalue weighted by Crippen LogP contribution is 2.12. The number of anilines is 1. The third-order valence-electron chi connectivity index (χ3n) is 2.65. The molecule has 0 aliphatic heterocycles. The van der Waals surface area contributed by atoms with Crippen molar-refractivity contribution in [1.82, 2.24) is 15.2 Å². The second kappa shape index (κ2) is 7.68. The van der Waals surface area contributed by atoms with Gasteiger partial charge in [-0.1, -0.05) is 0 Å². The van der Waals surface area contributed by atoms with Gasteiger partial charge in [0.15, 0.2) is 0 Å². The number of carbonyl (C=O) groups excluding carboxylic acids is 1. The topological polar surface area (TPSA) is 57.3 Å². The van der Waals surface area contributed by atoms with E-state index in [1.807, 2.05) is 14.1 Å². The smallest absolute Gasteiger partial charge is 0.255 e. The largest absolute Gasteiger partial charge is 0.372 e. The highest BCUT2D eigenvalue weighted by molar-refractivity contribution is 5.98. The second-order valence-electron chi connectivity index (χ2n) is 4.57. The Morgan fingerprint density at radius 2 is 2.16 bits per heavy atom. The summed E-state index contributed by atoms with van der Waals surface area (Å²) in [5, 5.41) is 5.55. The van der Waals surface area contributed by atoms with E-state index in [2.05, 4.69) is 20.5 Å². The molecule has 2 N–H and O–H groups in total. The van der Waals surface area contributed by atoms with Crippen LogP contribution in [0.5, 0.6) is 0 Å². The van der Waals surface area contributed by atoms with E-state index < -0.39 is 5.82 Å². The van der Waals surface area contributed by atoms with Crippen molar-refractivity contribution in [3.63, 3.8) is 0 Å². The first-order valence-corrected chi connectivity index (χ1v) is 6.31. The molecule has 1 rings (SSSR count). The van der Waals surface area contributed by atoms with Crippen LogP contribution >= 0.6 is 0 Å². The fourth-order valence-corrected chi connectivity index (χ4v) is 1.66. The Morgan fingerprint density at radius 3 is 2.79 bits per heavy atom. The maximum Gasteiger partial charge on any atom is 0.255 e. The lowest BCUT2D eigenvalue weighted by Crippen LogP contribution is -2.26. The van der Waals surface area contributed by atoms with Crippen LogP contribution in [-0.2, 0) is 0 Å². The van der Waals surface area contributed by atoms with E-state index in [-0.39, 0.29) is 11.5 Å². The first-order chi connectivity index (χ1) is 9.04. The van der Waals surface area contributed by atoms with Crippen LogP contribution in [0.3, 0.4) is 0 Å². The molecule has 106 valence electrons. The maximum atomic E-state index is 13.1. The van der Waals surface area contributed by atoms with Gasteiger partial charge in [0.25, 0.3) is 5.91 Å². The van der Waals surface area contributed by atoms with Gasteiger partial charge >= 0.3 is 0 Å². The molecule has 1 aromatic rings. The number of carbonyl (C=O) groups is 1. The van der Waals surface area contributed by atoms with Gasteiger partial charge in [0.2, 0.25) is 0 Å². The number of nitrogens with zero attached hydrogens (tertiary/aromatic N) is 2. The van der Waals surface area contributed by atoms with Gasteiger partial charge < -0.3 is 15.5 Å². The van der Waals surface area contributed by atoms with Crippen LogP contribution in [0.1, 0.15) is 23.2 Å². The Hall–Kier alpha value is -1.69. The molecule has 1 heterocycles. The van der Waals surface area contributed by atoms with Crippen molar-refractivity contribution in [2.45, 2.75) is 12.8 Å². The van der Waals surface area contributed by atoms with Crippen molar-refractivity contribution < 1.29 is 9.18 Å². The third-order valence-corrected chi connectivity index (χ3v) is 2.65. The predicted octanol–water partition coefficient (Wildman–Crippen LogP) is 1.33. The Bertz CT molecular complexity index is 423. The van der Waals surface area contributed by atoms with Crippen LogP contribution in [0.15, 0.2) is 12.3 Å².